The van der Waals surface area contributed by atoms with Gasteiger partial charge in [-0.2, -0.15) is 4.31 Å². The molecule has 1 heterocycles. The summed E-state index contributed by atoms with van der Waals surface area (Å²) < 4.78 is 31.5. The lowest BCUT2D eigenvalue weighted by molar-refractivity contribution is -0.125. The number of hydrogen-bond acceptors (Lipinski definition) is 4. The minimum atomic E-state index is -3.47. The third-order valence-electron chi connectivity index (χ3n) is 3.99. The topological polar surface area (TPSA) is 70.8 Å². The molecule has 1 amide bonds. The third-order valence-corrected chi connectivity index (χ3v) is 6.06. The smallest absolute Gasteiger partial charge is 0.246 e. The lowest BCUT2D eigenvalue weighted by Crippen LogP contribution is -2.30. The predicted octanol–water partition coefficient (Wildman–Crippen LogP) is 2.98. The average Bonchev–Trinajstić information content (AvgIpc) is 3.13. The molecule has 1 aromatic heterocycles. The van der Waals surface area contributed by atoms with Gasteiger partial charge in [-0.05, 0) is 35.9 Å². The first-order chi connectivity index (χ1) is 12.4. The first-order valence-corrected chi connectivity index (χ1v) is 9.88. The van der Waals surface area contributed by atoms with Crippen molar-refractivity contribution in [1.82, 2.24) is 9.21 Å². The molecule has 0 bridgehead atoms. The van der Waals surface area contributed by atoms with Crippen molar-refractivity contribution < 1.29 is 17.6 Å². The van der Waals surface area contributed by atoms with Crippen LogP contribution >= 0.6 is 0 Å². The minimum Gasteiger partial charge on any atom is -0.467 e. The molecule has 2 aromatic rings. The van der Waals surface area contributed by atoms with Gasteiger partial charge in [0.1, 0.15) is 5.76 Å². The first-order valence-electron chi connectivity index (χ1n) is 8.44. The van der Waals surface area contributed by atoms with Gasteiger partial charge in [0, 0.05) is 26.2 Å². The van der Waals surface area contributed by atoms with Crippen LogP contribution in [-0.4, -0.2) is 43.7 Å². The van der Waals surface area contributed by atoms with Crippen LogP contribution in [0.25, 0.3) is 6.08 Å². The summed E-state index contributed by atoms with van der Waals surface area (Å²) in [6, 6.07) is 10.1. The van der Waals surface area contributed by atoms with Crippen molar-refractivity contribution in [1.29, 1.82) is 0 Å². The van der Waals surface area contributed by atoms with Gasteiger partial charge in [-0.3, -0.25) is 4.79 Å². The quantitative estimate of drug-likeness (QED) is 0.664. The van der Waals surface area contributed by atoms with Crippen molar-refractivity contribution in [2.75, 3.05) is 20.1 Å². The molecule has 0 saturated carbocycles. The molecule has 0 saturated heterocycles. The van der Waals surface area contributed by atoms with Gasteiger partial charge >= 0.3 is 0 Å². The van der Waals surface area contributed by atoms with E-state index in [1.54, 1.807) is 49.7 Å². The molecule has 0 N–H and O–H groups in total. The van der Waals surface area contributed by atoms with E-state index in [0.717, 1.165) is 5.56 Å². The number of hydrogen-bond donors (Lipinski definition) is 0. The van der Waals surface area contributed by atoms with Crippen molar-refractivity contribution in [3.05, 3.63) is 60.1 Å². The maximum Gasteiger partial charge on any atom is 0.246 e. The Bertz CT molecular complexity index is 836. The summed E-state index contributed by atoms with van der Waals surface area (Å²) in [6.45, 7) is 4.86. The number of benzene rings is 1. The fraction of sp³-hybridized carbons (Fsp3) is 0.316. The Morgan fingerprint density at radius 1 is 1.12 bits per heavy atom. The molecule has 1 aromatic carbocycles. The molecule has 0 atom stereocenters. The number of carbonyl (C=O) groups excluding carboxylic acids is 1. The number of likely N-dealkylation sites (N-methyl/N-ethyl adjacent to an activating group) is 1. The maximum atomic E-state index is 12.5. The molecular formula is C19H24N2O4S. The van der Waals surface area contributed by atoms with Crippen molar-refractivity contribution in [2.24, 2.45) is 0 Å². The highest BCUT2D eigenvalue weighted by Gasteiger charge is 2.20. The Balaban J connectivity index is 2.04. The zero-order valence-corrected chi connectivity index (χ0v) is 16.1. The summed E-state index contributed by atoms with van der Waals surface area (Å²) >= 11 is 0. The van der Waals surface area contributed by atoms with E-state index in [4.69, 9.17) is 4.42 Å². The first kappa shape index (κ1) is 19.9. The van der Waals surface area contributed by atoms with Crippen LogP contribution in [-0.2, 0) is 21.4 Å². The number of nitrogens with zero attached hydrogens (tertiary/aromatic N) is 2. The SMILES string of the molecule is CCN(CC)S(=O)(=O)c1ccc(/C=C/C(=O)N(C)Cc2ccco2)cc1. The molecule has 0 fully saturated rings. The van der Waals surface area contributed by atoms with Crippen LogP contribution in [0.1, 0.15) is 25.2 Å². The molecule has 2 rings (SSSR count). The summed E-state index contributed by atoms with van der Waals surface area (Å²) in [5, 5.41) is 0. The molecule has 0 aliphatic rings. The van der Waals surface area contributed by atoms with Crippen LogP contribution < -0.4 is 0 Å². The fourth-order valence-corrected chi connectivity index (χ4v) is 3.93. The highest BCUT2D eigenvalue weighted by Crippen LogP contribution is 2.17. The Kier molecular flexibility index (Phi) is 6.76. The monoisotopic (exact) mass is 376 g/mol. The van der Waals surface area contributed by atoms with E-state index in [1.807, 2.05) is 19.9 Å². The van der Waals surface area contributed by atoms with Gasteiger partial charge in [0.25, 0.3) is 0 Å². The molecule has 0 radical (unpaired) electrons. The molecule has 0 unspecified atom stereocenters. The van der Waals surface area contributed by atoms with Crippen molar-refractivity contribution in [2.45, 2.75) is 25.3 Å². The van der Waals surface area contributed by atoms with E-state index in [2.05, 4.69) is 0 Å². The molecule has 0 aliphatic carbocycles. The summed E-state index contributed by atoms with van der Waals surface area (Å²) in [5.41, 5.74) is 0.753. The van der Waals surface area contributed by atoms with Gasteiger partial charge in [-0.1, -0.05) is 26.0 Å². The van der Waals surface area contributed by atoms with Crippen molar-refractivity contribution in [3.8, 4) is 0 Å². The summed E-state index contributed by atoms with van der Waals surface area (Å²) in [4.78, 5) is 13.9. The fourth-order valence-electron chi connectivity index (χ4n) is 2.47. The molecule has 0 spiro atoms. The Morgan fingerprint density at radius 3 is 2.31 bits per heavy atom. The number of sulfonamides is 1. The van der Waals surface area contributed by atoms with Crippen LogP contribution in [0.3, 0.4) is 0 Å². The van der Waals surface area contributed by atoms with Crippen molar-refractivity contribution in [3.63, 3.8) is 0 Å². The van der Waals surface area contributed by atoms with Gasteiger partial charge in [0.2, 0.25) is 15.9 Å². The normalized spacial score (nSPS) is 12.0. The molecular weight excluding hydrogens is 352 g/mol. The Hall–Kier alpha value is -2.38. The van der Waals surface area contributed by atoms with Gasteiger partial charge in [0.15, 0.2) is 0 Å². The van der Waals surface area contributed by atoms with E-state index < -0.39 is 10.0 Å². The standard InChI is InChI=1S/C19H24N2O4S/c1-4-21(5-2)26(23,24)18-11-8-16(9-12-18)10-13-19(22)20(3)15-17-7-6-14-25-17/h6-14H,4-5,15H2,1-3H3/b13-10+. The highest BCUT2D eigenvalue weighted by molar-refractivity contribution is 7.89. The minimum absolute atomic E-state index is 0.166. The molecule has 7 heteroatoms. The van der Waals surface area contributed by atoms with Crippen LogP contribution in [0, 0.1) is 0 Å². The second kappa shape index (κ2) is 8.82. The number of amides is 1. The third kappa shape index (κ3) is 4.83. The Morgan fingerprint density at radius 2 is 1.77 bits per heavy atom. The summed E-state index contributed by atoms with van der Waals surface area (Å²) in [5.74, 6) is 0.543. The predicted molar refractivity (Wildman–Crippen MR) is 101 cm³/mol. The number of rotatable bonds is 8. The van der Waals surface area contributed by atoms with Crippen molar-refractivity contribution >= 4 is 22.0 Å². The molecule has 6 nitrogen and oxygen atoms in total. The lowest BCUT2D eigenvalue weighted by atomic mass is 10.2. The van der Waals surface area contributed by atoms with Crippen LogP contribution in [0.2, 0.25) is 0 Å². The van der Waals surface area contributed by atoms with Crippen LogP contribution in [0.4, 0.5) is 0 Å². The summed E-state index contributed by atoms with van der Waals surface area (Å²) in [6.07, 6.45) is 4.68. The van der Waals surface area contributed by atoms with E-state index in [9.17, 15) is 13.2 Å². The summed E-state index contributed by atoms with van der Waals surface area (Å²) in [7, 11) is -1.78. The number of carbonyl (C=O) groups is 1. The molecule has 140 valence electrons. The van der Waals surface area contributed by atoms with Gasteiger partial charge < -0.3 is 9.32 Å². The van der Waals surface area contributed by atoms with Gasteiger partial charge in [-0.25, -0.2) is 8.42 Å². The second-order valence-corrected chi connectivity index (χ2v) is 7.70. The molecule has 0 aliphatic heterocycles. The Labute approximate surface area is 154 Å². The van der Waals surface area contributed by atoms with E-state index >= 15 is 0 Å². The zero-order chi connectivity index (χ0) is 19.2. The average molecular weight is 376 g/mol. The zero-order valence-electron chi connectivity index (χ0n) is 15.3. The largest absolute Gasteiger partial charge is 0.467 e. The van der Waals surface area contributed by atoms with E-state index in [-0.39, 0.29) is 10.8 Å². The van der Waals surface area contributed by atoms with E-state index in [0.29, 0.717) is 25.4 Å². The van der Waals surface area contributed by atoms with Crippen LogP contribution in [0.5, 0.6) is 0 Å². The van der Waals surface area contributed by atoms with E-state index in [1.165, 1.54) is 15.3 Å². The number of furan rings is 1. The second-order valence-electron chi connectivity index (χ2n) is 5.77. The van der Waals surface area contributed by atoms with Gasteiger partial charge in [-0.15, -0.1) is 0 Å². The molecule has 26 heavy (non-hydrogen) atoms. The maximum absolute atomic E-state index is 12.5. The highest BCUT2D eigenvalue weighted by atomic mass is 32.2. The van der Waals surface area contributed by atoms with Gasteiger partial charge in [0.05, 0.1) is 17.7 Å². The van der Waals surface area contributed by atoms with Crippen LogP contribution in [0.15, 0.2) is 58.1 Å². The lowest BCUT2D eigenvalue weighted by Gasteiger charge is -2.18.